The predicted molar refractivity (Wildman–Crippen MR) is 179 cm³/mol. The lowest BCUT2D eigenvalue weighted by Crippen LogP contribution is -2.55. The van der Waals surface area contributed by atoms with Gasteiger partial charge in [0.05, 0.1) is 19.8 Å². The lowest BCUT2D eigenvalue weighted by atomic mass is 9.93. The SMILES string of the molecule is CCCCCC[C@@H](C)OOC(=O)c1ccc(-c2ccccc2)c(-c2ccc(OCCCO[Si](C)(C)[Si](C)(C)C)cc2)c1. The fraction of sp³-hybridized carbons (Fsp3) is 0.457. The Kier molecular flexibility index (Phi) is 13.0. The lowest BCUT2D eigenvalue weighted by Gasteiger charge is -2.34. The Balaban J connectivity index is 1.67. The van der Waals surface area contributed by atoms with E-state index >= 15 is 0 Å². The summed E-state index contributed by atoms with van der Waals surface area (Å²) in [5, 5.41) is 0. The van der Waals surface area contributed by atoms with Gasteiger partial charge in [0.15, 0.2) is 7.83 Å². The third kappa shape index (κ3) is 10.2. The van der Waals surface area contributed by atoms with Crippen LogP contribution in [0.4, 0.5) is 0 Å². The van der Waals surface area contributed by atoms with Gasteiger partial charge in [0.1, 0.15) is 11.9 Å². The zero-order chi connectivity index (χ0) is 30.6. The summed E-state index contributed by atoms with van der Waals surface area (Å²) in [7, 11) is -2.87. The Morgan fingerprint density at radius 3 is 2.12 bits per heavy atom. The summed E-state index contributed by atoms with van der Waals surface area (Å²) in [6.45, 7) is 17.3. The molecule has 0 spiro atoms. The summed E-state index contributed by atoms with van der Waals surface area (Å²) in [4.78, 5) is 23.6. The first-order valence-corrected chi connectivity index (χ1v) is 22.9. The fourth-order valence-corrected chi connectivity index (χ4v) is 7.08. The monoisotopic (exact) mass is 606 g/mol. The molecule has 0 saturated carbocycles. The molecular formula is C35H50O5Si2. The van der Waals surface area contributed by atoms with Gasteiger partial charge in [-0.3, -0.25) is 4.89 Å². The van der Waals surface area contributed by atoms with Crippen LogP contribution >= 0.6 is 0 Å². The Hall–Kier alpha value is -2.72. The highest BCUT2D eigenvalue weighted by atomic mass is 29.3. The summed E-state index contributed by atoms with van der Waals surface area (Å²) in [5.41, 5.74) is 4.51. The van der Waals surface area contributed by atoms with E-state index in [1.807, 2.05) is 61.5 Å². The first kappa shape index (κ1) is 33.8. The van der Waals surface area contributed by atoms with Crippen LogP contribution in [0.2, 0.25) is 32.7 Å². The Morgan fingerprint density at radius 1 is 0.762 bits per heavy atom. The second-order valence-electron chi connectivity index (χ2n) is 12.6. The van der Waals surface area contributed by atoms with Crippen LogP contribution in [-0.2, 0) is 14.2 Å². The minimum Gasteiger partial charge on any atom is -0.494 e. The summed E-state index contributed by atoms with van der Waals surface area (Å²) >= 11 is 0. The summed E-state index contributed by atoms with van der Waals surface area (Å²) in [6, 6.07) is 23.9. The van der Waals surface area contributed by atoms with Crippen molar-refractivity contribution in [1.82, 2.24) is 0 Å². The van der Waals surface area contributed by atoms with Crippen molar-refractivity contribution in [3.05, 3.63) is 78.4 Å². The van der Waals surface area contributed by atoms with Crippen LogP contribution in [-0.4, -0.2) is 40.7 Å². The molecule has 0 unspecified atom stereocenters. The first-order chi connectivity index (χ1) is 20.0. The molecule has 0 saturated heterocycles. The van der Waals surface area contributed by atoms with Gasteiger partial charge in [-0.1, -0.05) is 101 Å². The van der Waals surface area contributed by atoms with Gasteiger partial charge in [0, 0.05) is 13.0 Å². The first-order valence-electron chi connectivity index (χ1n) is 15.5. The van der Waals surface area contributed by atoms with Crippen LogP contribution in [0.15, 0.2) is 72.8 Å². The highest BCUT2D eigenvalue weighted by Crippen LogP contribution is 2.34. The molecule has 0 bridgehead atoms. The highest BCUT2D eigenvalue weighted by molar-refractivity contribution is 7.37. The van der Waals surface area contributed by atoms with E-state index in [4.69, 9.17) is 18.9 Å². The van der Waals surface area contributed by atoms with E-state index < -0.39 is 21.4 Å². The van der Waals surface area contributed by atoms with Crippen LogP contribution in [0, 0.1) is 0 Å². The molecule has 3 aromatic rings. The van der Waals surface area contributed by atoms with Crippen molar-refractivity contribution in [2.45, 2.75) is 91.2 Å². The van der Waals surface area contributed by atoms with Crippen molar-refractivity contribution in [2.75, 3.05) is 13.2 Å². The van der Waals surface area contributed by atoms with E-state index in [0.717, 1.165) is 53.9 Å². The van der Waals surface area contributed by atoms with Crippen LogP contribution in [0.1, 0.15) is 62.7 Å². The molecule has 228 valence electrons. The van der Waals surface area contributed by atoms with Crippen molar-refractivity contribution in [3.63, 3.8) is 0 Å². The van der Waals surface area contributed by atoms with Gasteiger partial charge in [0.2, 0.25) is 0 Å². The van der Waals surface area contributed by atoms with Gasteiger partial charge in [-0.05, 0) is 73.0 Å². The molecule has 0 amide bonds. The van der Waals surface area contributed by atoms with E-state index in [9.17, 15) is 4.79 Å². The van der Waals surface area contributed by atoms with Gasteiger partial charge in [-0.15, -0.1) is 0 Å². The molecule has 0 N–H and O–H groups in total. The van der Waals surface area contributed by atoms with Crippen molar-refractivity contribution in [1.29, 1.82) is 0 Å². The number of hydrogen-bond acceptors (Lipinski definition) is 5. The molecule has 7 heteroatoms. The quantitative estimate of drug-likeness (QED) is 0.0662. The normalized spacial score (nSPS) is 12.6. The number of rotatable bonds is 17. The van der Waals surface area contributed by atoms with Gasteiger partial charge in [0.25, 0.3) is 0 Å². The topological polar surface area (TPSA) is 54.0 Å². The average Bonchev–Trinajstić information content (AvgIpc) is 2.98. The van der Waals surface area contributed by atoms with Crippen molar-refractivity contribution in [2.24, 2.45) is 0 Å². The minimum atomic E-state index is -1.60. The van der Waals surface area contributed by atoms with E-state index in [0.29, 0.717) is 12.2 Å². The van der Waals surface area contributed by atoms with Crippen LogP contribution in [0.5, 0.6) is 5.75 Å². The Labute approximate surface area is 255 Å². The molecular weight excluding hydrogens is 557 g/mol. The molecule has 0 fully saturated rings. The third-order valence-corrected chi connectivity index (χ3v) is 23.9. The smallest absolute Gasteiger partial charge is 0.373 e. The van der Waals surface area contributed by atoms with Gasteiger partial charge >= 0.3 is 5.97 Å². The lowest BCUT2D eigenvalue weighted by molar-refractivity contribution is -0.271. The number of carbonyl (C=O) groups excluding carboxylic acids is 1. The van der Waals surface area contributed by atoms with Gasteiger partial charge < -0.3 is 9.16 Å². The molecule has 0 radical (unpaired) electrons. The maximum Gasteiger partial charge on any atom is 0.373 e. The fourth-order valence-electron chi connectivity index (χ4n) is 4.38. The summed E-state index contributed by atoms with van der Waals surface area (Å²) in [6.07, 6.45) is 6.23. The second-order valence-corrected chi connectivity index (χ2v) is 28.5. The van der Waals surface area contributed by atoms with Crippen LogP contribution in [0.25, 0.3) is 22.3 Å². The average molecular weight is 607 g/mol. The largest absolute Gasteiger partial charge is 0.494 e. The number of carbonyl (C=O) groups is 1. The molecule has 1 atom stereocenters. The molecule has 0 heterocycles. The molecule has 0 aliphatic carbocycles. The van der Waals surface area contributed by atoms with E-state index in [2.05, 4.69) is 51.8 Å². The molecule has 0 aromatic heterocycles. The molecule has 0 aliphatic heterocycles. The maximum atomic E-state index is 12.9. The van der Waals surface area contributed by atoms with Crippen molar-refractivity contribution < 1.29 is 23.7 Å². The third-order valence-electron chi connectivity index (χ3n) is 8.08. The maximum absolute atomic E-state index is 12.9. The second kappa shape index (κ2) is 16.2. The van der Waals surface area contributed by atoms with E-state index in [1.165, 1.54) is 19.3 Å². The van der Waals surface area contributed by atoms with Gasteiger partial charge in [-0.2, -0.15) is 4.89 Å². The zero-order valence-electron chi connectivity index (χ0n) is 26.7. The molecule has 3 aromatic carbocycles. The minimum absolute atomic E-state index is 0.137. The standard InChI is InChI=1S/C35H50O5Si2/c1-8-9-10-12-16-28(2)39-40-35(36)31-21-24-33(29-17-13-11-14-18-29)34(27-31)30-19-22-32(23-20-30)37-25-15-26-38-42(6,7)41(3,4)5/h11,13-14,17-24,27-28H,8-10,12,15-16,25-26H2,1-7H3/t28-/m1/s1. The number of hydrogen-bond donors (Lipinski definition) is 0. The van der Waals surface area contributed by atoms with Crippen LogP contribution in [0.3, 0.4) is 0 Å². The van der Waals surface area contributed by atoms with Crippen LogP contribution < -0.4 is 4.74 Å². The number of benzene rings is 3. The summed E-state index contributed by atoms with van der Waals surface area (Å²) in [5.74, 6) is 0.331. The summed E-state index contributed by atoms with van der Waals surface area (Å²) < 4.78 is 12.4. The number of ether oxygens (including phenoxy) is 1. The highest BCUT2D eigenvalue weighted by Gasteiger charge is 2.38. The molecule has 42 heavy (non-hydrogen) atoms. The molecule has 0 aliphatic rings. The van der Waals surface area contributed by atoms with Crippen molar-refractivity contribution >= 4 is 21.4 Å². The van der Waals surface area contributed by atoms with E-state index in [1.54, 1.807) is 6.07 Å². The predicted octanol–water partition coefficient (Wildman–Crippen LogP) is 9.88. The number of unbranched alkanes of at least 4 members (excludes halogenated alkanes) is 3. The molecule has 5 nitrogen and oxygen atoms in total. The van der Waals surface area contributed by atoms with E-state index in [-0.39, 0.29) is 6.10 Å². The zero-order valence-corrected chi connectivity index (χ0v) is 28.7. The Morgan fingerprint density at radius 2 is 1.45 bits per heavy atom. The molecule has 3 rings (SSSR count). The Bertz CT molecular complexity index is 1240. The van der Waals surface area contributed by atoms with Crippen molar-refractivity contribution in [3.8, 4) is 28.0 Å². The van der Waals surface area contributed by atoms with Gasteiger partial charge in [-0.25, -0.2) is 4.79 Å².